The molecule has 13 nitrogen and oxygen atoms in total. The van der Waals surface area contributed by atoms with E-state index in [0.717, 1.165) is 0 Å². The summed E-state index contributed by atoms with van der Waals surface area (Å²) in [7, 11) is 0. The highest BCUT2D eigenvalue weighted by atomic mass is 35.5. The Balaban J connectivity index is 1.44. The molecular formula is C24H25ClN6O7. The van der Waals surface area contributed by atoms with Crippen LogP contribution in [0.15, 0.2) is 41.4 Å². The molecule has 4 rings (SSSR count). The predicted molar refractivity (Wildman–Crippen MR) is 136 cm³/mol. The van der Waals surface area contributed by atoms with Crippen molar-refractivity contribution in [2.75, 3.05) is 25.0 Å². The minimum atomic E-state index is -1.33. The van der Waals surface area contributed by atoms with Gasteiger partial charge in [-0.15, -0.1) is 0 Å². The van der Waals surface area contributed by atoms with Crippen molar-refractivity contribution < 1.29 is 34.5 Å². The molecule has 3 atom stereocenters. The van der Waals surface area contributed by atoms with Crippen molar-refractivity contribution in [3.8, 4) is 5.75 Å². The highest BCUT2D eigenvalue weighted by Crippen LogP contribution is 2.52. The van der Waals surface area contributed by atoms with Crippen LogP contribution in [-0.2, 0) is 15.1 Å². The van der Waals surface area contributed by atoms with E-state index in [1.165, 1.54) is 36.4 Å². The lowest BCUT2D eigenvalue weighted by molar-refractivity contribution is -0.139. The largest absolute Gasteiger partial charge is 0.508 e. The number of primary amides is 1. The van der Waals surface area contributed by atoms with Gasteiger partial charge in [-0.1, -0.05) is 11.6 Å². The minimum absolute atomic E-state index is 0.0437. The molecule has 200 valence electrons. The van der Waals surface area contributed by atoms with Gasteiger partial charge in [-0.3, -0.25) is 24.2 Å². The van der Waals surface area contributed by atoms with Crippen LogP contribution in [0.25, 0.3) is 0 Å². The zero-order valence-electron chi connectivity index (χ0n) is 19.8. The van der Waals surface area contributed by atoms with Crippen LogP contribution in [0.4, 0.5) is 5.69 Å². The van der Waals surface area contributed by atoms with Crippen LogP contribution in [-0.4, -0.2) is 70.7 Å². The first-order valence-corrected chi connectivity index (χ1v) is 11.8. The van der Waals surface area contributed by atoms with Crippen LogP contribution in [0.1, 0.15) is 32.7 Å². The van der Waals surface area contributed by atoms with Crippen molar-refractivity contribution in [1.82, 2.24) is 16.0 Å². The normalized spacial score (nSPS) is 21.9. The number of carboxylic acids is 1. The first-order chi connectivity index (χ1) is 18.0. The highest BCUT2D eigenvalue weighted by molar-refractivity contribution is 6.31. The van der Waals surface area contributed by atoms with E-state index in [0.29, 0.717) is 17.2 Å². The number of aliphatic imine (C=N–C) groups is 1. The number of carbonyl (C=O) groups is 4. The summed E-state index contributed by atoms with van der Waals surface area (Å²) in [5.74, 6) is -4.10. The van der Waals surface area contributed by atoms with Gasteiger partial charge < -0.3 is 42.3 Å². The molecular weight excluding hydrogens is 520 g/mol. The van der Waals surface area contributed by atoms with Crippen LogP contribution in [0, 0.1) is 5.92 Å². The molecule has 0 aromatic heterocycles. The van der Waals surface area contributed by atoms with Gasteiger partial charge in [0, 0.05) is 34.4 Å². The third-order valence-electron chi connectivity index (χ3n) is 6.14. The van der Waals surface area contributed by atoms with Gasteiger partial charge in [0.2, 0.25) is 11.8 Å². The van der Waals surface area contributed by atoms with E-state index in [1.54, 1.807) is 0 Å². The van der Waals surface area contributed by atoms with E-state index < -0.39 is 47.8 Å². The number of carbonyl (C=O) groups excluding carboxylic acids is 3. The topological polar surface area (TPSA) is 215 Å². The molecule has 38 heavy (non-hydrogen) atoms. The summed E-state index contributed by atoms with van der Waals surface area (Å²) < 4.78 is 0. The van der Waals surface area contributed by atoms with Crippen LogP contribution < -0.4 is 27.0 Å². The zero-order chi connectivity index (χ0) is 27.6. The summed E-state index contributed by atoms with van der Waals surface area (Å²) in [5, 5.41) is 40.1. The number of carboxylic acid groups (broad SMARTS) is 1. The first-order valence-electron chi connectivity index (χ1n) is 11.5. The molecule has 0 spiro atoms. The maximum absolute atomic E-state index is 12.8. The maximum atomic E-state index is 12.8. The van der Waals surface area contributed by atoms with E-state index in [2.05, 4.69) is 26.3 Å². The number of hydrogen-bond acceptors (Lipinski definition) is 9. The second kappa shape index (κ2) is 10.6. The van der Waals surface area contributed by atoms with Gasteiger partial charge in [0.05, 0.1) is 30.7 Å². The molecule has 2 aliphatic rings. The second-order valence-electron chi connectivity index (χ2n) is 9.01. The number of anilines is 1. The summed E-state index contributed by atoms with van der Waals surface area (Å²) in [4.78, 5) is 52.9. The molecule has 1 aliphatic carbocycles. The quantitative estimate of drug-likeness (QED) is 0.219. The average molecular weight is 545 g/mol. The van der Waals surface area contributed by atoms with Gasteiger partial charge in [-0.25, -0.2) is 0 Å². The Morgan fingerprint density at radius 2 is 1.89 bits per heavy atom. The molecule has 1 heterocycles. The molecule has 3 amide bonds. The van der Waals surface area contributed by atoms with Crippen molar-refractivity contribution in [3.05, 3.63) is 58.1 Å². The number of nitrogens with two attached hydrogens (primary N) is 1. The Labute approximate surface area is 221 Å². The predicted octanol–water partition coefficient (Wildman–Crippen LogP) is -0.277. The monoisotopic (exact) mass is 544 g/mol. The molecule has 0 saturated heterocycles. The molecule has 0 radical (unpaired) electrons. The fourth-order valence-corrected chi connectivity index (χ4v) is 4.44. The summed E-state index contributed by atoms with van der Waals surface area (Å²) >= 11 is 6.08. The number of amides is 3. The number of nitrogens with one attached hydrogen (secondary N) is 4. The third-order valence-corrected chi connectivity index (χ3v) is 6.35. The number of benzene rings is 2. The summed E-state index contributed by atoms with van der Waals surface area (Å²) in [6, 6.07) is 8.17. The van der Waals surface area contributed by atoms with Gasteiger partial charge in [0.1, 0.15) is 5.75 Å². The number of halogens is 1. The fourth-order valence-electron chi connectivity index (χ4n) is 4.20. The number of aromatic hydroxyl groups is 1. The minimum Gasteiger partial charge on any atom is -0.508 e. The number of hydrogen-bond donors (Lipinski definition) is 8. The van der Waals surface area contributed by atoms with Crippen molar-refractivity contribution in [3.63, 3.8) is 0 Å². The second-order valence-corrected chi connectivity index (χ2v) is 9.44. The molecule has 14 heteroatoms. The van der Waals surface area contributed by atoms with Crippen molar-refractivity contribution in [1.29, 1.82) is 0 Å². The maximum Gasteiger partial charge on any atom is 0.309 e. The van der Waals surface area contributed by atoms with Crippen molar-refractivity contribution >= 4 is 46.9 Å². The number of aliphatic hydroxyl groups excluding tert-OH is 1. The highest BCUT2D eigenvalue weighted by Gasteiger charge is 2.61. The lowest BCUT2D eigenvalue weighted by Gasteiger charge is -2.21. The third kappa shape index (κ3) is 5.95. The number of aliphatic hydroxyl groups is 1. The number of rotatable bonds is 8. The molecule has 1 fully saturated rings. The Morgan fingerprint density at radius 1 is 1.13 bits per heavy atom. The summed E-state index contributed by atoms with van der Waals surface area (Å²) in [6.45, 7) is -0.0169. The zero-order valence-corrected chi connectivity index (χ0v) is 20.6. The van der Waals surface area contributed by atoms with Crippen LogP contribution in [0.5, 0.6) is 5.75 Å². The van der Waals surface area contributed by atoms with E-state index in [9.17, 15) is 34.5 Å². The molecule has 0 bridgehead atoms. The first kappa shape index (κ1) is 26.7. The fraction of sp³-hybridized carbons (Fsp3) is 0.292. The van der Waals surface area contributed by atoms with Gasteiger partial charge in [-0.05, 0) is 42.3 Å². The smallest absolute Gasteiger partial charge is 0.309 e. The number of nitrogens with zero attached hydrogens (tertiary/aromatic N) is 1. The van der Waals surface area contributed by atoms with E-state index >= 15 is 0 Å². The van der Waals surface area contributed by atoms with Crippen LogP contribution >= 0.6 is 11.6 Å². The van der Waals surface area contributed by atoms with Crippen LogP contribution in [0.2, 0.25) is 5.02 Å². The van der Waals surface area contributed by atoms with Gasteiger partial charge in [-0.2, -0.15) is 0 Å². The van der Waals surface area contributed by atoms with E-state index in [4.69, 9.17) is 17.3 Å². The molecule has 1 saturated carbocycles. The Morgan fingerprint density at radius 3 is 2.53 bits per heavy atom. The van der Waals surface area contributed by atoms with E-state index in [-0.39, 0.29) is 41.4 Å². The molecule has 1 unspecified atom stereocenters. The number of aliphatic carboxylic acids is 1. The van der Waals surface area contributed by atoms with Crippen molar-refractivity contribution in [2.45, 2.75) is 18.1 Å². The SMILES string of the molecule is NC(=O)c1cc(Cl)cc([C@@]2(NC(=O)CNC(=O)c3cc(O)cc(NC4=NCC(O)CN4)c3)C[C@H]2C(=O)O)c1. The van der Waals surface area contributed by atoms with Gasteiger partial charge in [0.15, 0.2) is 5.96 Å². The summed E-state index contributed by atoms with van der Waals surface area (Å²) in [6.07, 6.45) is -0.557. The Bertz CT molecular complexity index is 1350. The average Bonchev–Trinajstić information content (AvgIpc) is 3.59. The standard InChI is InChI=1S/C24H25ClN6O7/c25-14-2-11(20(26)35)1-13(5-14)24(7-18(24)22(37)38)31-19(34)10-27-21(36)12-3-15(6-16(32)4-12)30-23-28-8-17(33)9-29-23/h1-6,17-18,32-33H,7-10H2,(H2,26,35)(H,27,36)(H,31,34)(H,37,38)(H2,28,29,30)/t18-,24-/m0/s1. The van der Waals surface area contributed by atoms with Crippen LogP contribution in [0.3, 0.4) is 0 Å². The molecule has 1 aliphatic heterocycles. The lowest BCUT2D eigenvalue weighted by atomic mass is 9.99. The van der Waals surface area contributed by atoms with Gasteiger partial charge >= 0.3 is 5.97 Å². The number of β-amino-alcohol motifs (C(OH)–C–C–N with tert-alkyl or cyclic N) is 1. The van der Waals surface area contributed by atoms with E-state index in [1.807, 2.05) is 0 Å². The number of guanidine groups is 1. The molecule has 9 N–H and O–H groups in total. The van der Waals surface area contributed by atoms with Gasteiger partial charge in [0.25, 0.3) is 5.91 Å². The number of phenolic OH excluding ortho intramolecular Hbond substituents is 1. The summed E-state index contributed by atoms with van der Waals surface area (Å²) in [5.41, 5.74) is 4.76. The Hall–Kier alpha value is -4.36. The molecule has 2 aromatic carbocycles. The van der Waals surface area contributed by atoms with Crippen molar-refractivity contribution in [2.24, 2.45) is 16.6 Å². The molecule has 2 aromatic rings. The lowest BCUT2D eigenvalue weighted by Crippen LogP contribution is -2.44. The Kier molecular flexibility index (Phi) is 7.41. The number of phenols is 1.